The third-order valence-corrected chi connectivity index (χ3v) is 3.95. The molecule has 1 unspecified atom stereocenters. The van der Waals surface area contributed by atoms with Crippen LogP contribution < -0.4 is 5.32 Å². The normalized spacial score (nSPS) is 22.6. The fourth-order valence-electron chi connectivity index (χ4n) is 2.38. The topological polar surface area (TPSA) is 62.6 Å². The van der Waals surface area contributed by atoms with Crippen LogP contribution in [0.25, 0.3) is 0 Å². The number of furan rings is 1. The summed E-state index contributed by atoms with van der Waals surface area (Å²) in [6.45, 7) is 0.611. The zero-order chi connectivity index (χ0) is 13.4. The van der Waals surface area contributed by atoms with E-state index in [-0.39, 0.29) is 23.6 Å². The summed E-state index contributed by atoms with van der Waals surface area (Å²) < 4.78 is 5.80. The predicted octanol–water partition coefficient (Wildman–Crippen LogP) is 1.93. The molecule has 0 spiro atoms. The van der Waals surface area contributed by atoms with Gasteiger partial charge in [0.25, 0.3) is 5.91 Å². The van der Waals surface area contributed by atoms with E-state index in [0.29, 0.717) is 17.3 Å². The summed E-state index contributed by atoms with van der Waals surface area (Å²) in [6.07, 6.45) is 3.69. The molecule has 0 aromatic carbocycles. The minimum Gasteiger partial charge on any atom is -0.444 e. The molecule has 2 aliphatic rings. The van der Waals surface area contributed by atoms with Gasteiger partial charge in [-0.2, -0.15) is 0 Å². The molecule has 19 heavy (non-hydrogen) atoms. The van der Waals surface area contributed by atoms with Crippen molar-refractivity contribution in [2.45, 2.75) is 37.8 Å². The number of carbonyl (C=O) groups is 2. The molecular formula is C13H15BrN2O3. The molecule has 1 aliphatic carbocycles. The van der Waals surface area contributed by atoms with E-state index in [1.54, 1.807) is 17.0 Å². The van der Waals surface area contributed by atoms with Crippen molar-refractivity contribution in [1.82, 2.24) is 10.2 Å². The van der Waals surface area contributed by atoms with Gasteiger partial charge in [0, 0.05) is 12.6 Å². The van der Waals surface area contributed by atoms with Gasteiger partial charge in [0.15, 0.2) is 10.4 Å². The zero-order valence-electron chi connectivity index (χ0n) is 10.4. The molecule has 1 atom stereocenters. The molecule has 3 rings (SSSR count). The Morgan fingerprint density at radius 1 is 1.32 bits per heavy atom. The van der Waals surface area contributed by atoms with Crippen molar-refractivity contribution in [3.8, 4) is 0 Å². The smallest absolute Gasteiger partial charge is 0.290 e. The van der Waals surface area contributed by atoms with Crippen LogP contribution >= 0.6 is 15.9 Å². The van der Waals surface area contributed by atoms with Gasteiger partial charge in [-0.15, -0.1) is 0 Å². The summed E-state index contributed by atoms with van der Waals surface area (Å²) in [6, 6.07) is 3.28. The standard InChI is InChI=1S/C13H15BrN2O3/c14-11-6-5-10(19-11)13(18)16-7-1-2-9(16)12(17)15-8-3-4-8/h5-6,8-9H,1-4,7H2,(H,15,17). The zero-order valence-corrected chi connectivity index (χ0v) is 12.0. The summed E-state index contributed by atoms with van der Waals surface area (Å²) in [7, 11) is 0. The van der Waals surface area contributed by atoms with E-state index >= 15 is 0 Å². The van der Waals surface area contributed by atoms with Crippen LogP contribution in [0.3, 0.4) is 0 Å². The predicted molar refractivity (Wildman–Crippen MR) is 71.6 cm³/mol. The lowest BCUT2D eigenvalue weighted by molar-refractivity contribution is -0.125. The van der Waals surface area contributed by atoms with Gasteiger partial charge in [0.2, 0.25) is 5.91 Å². The highest BCUT2D eigenvalue weighted by Crippen LogP contribution is 2.24. The van der Waals surface area contributed by atoms with Gasteiger partial charge < -0.3 is 14.6 Å². The Morgan fingerprint density at radius 2 is 2.11 bits per heavy atom. The third-order valence-electron chi connectivity index (χ3n) is 3.52. The van der Waals surface area contributed by atoms with E-state index in [0.717, 1.165) is 25.7 Å². The molecule has 1 saturated heterocycles. The van der Waals surface area contributed by atoms with Crippen LogP contribution in [-0.2, 0) is 4.79 Å². The van der Waals surface area contributed by atoms with Crippen LogP contribution in [0.4, 0.5) is 0 Å². The molecule has 1 N–H and O–H groups in total. The number of likely N-dealkylation sites (tertiary alicyclic amines) is 1. The van der Waals surface area contributed by atoms with Crippen LogP contribution in [0.1, 0.15) is 36.2 Å². The van der Waals surface area contributed by atoms with Gasteiger partial charge in [-0.3, -0.25) is 9.59 Å². The lowest BCUT2D eigenvalue weighted by Crippen LogP contribution is -2.46. The van der Waals surface area contributed by atoms with E-state index in [4.69, 9.17) is 4.42 Å². The second-order valence-electron chi connectivity index (χ2n) is 5.04. The minimum atomic E-state index is -0.350. The van der Waals surface area contributed by atoms with Crippen LogP contribution in [0, 0.1) is 0 Å². The van der Waals surface area contributed by atoms with Crippen molar-refractivity contribution in [3.63, 3.8) is 0 Å². The largest absolute Gasteiger partial charge is 0.444 e. The molecule has 2 fully saturated rings. The molecule has 1 saturated carbocycles. The maximum atomic E-state index is 12.3. The molecule has 6 heteroatoms. The summed E-state index contributed by atoms with van der Waals surface area (Å²) in [5.41, 5.74) is 0. The Kier molecular flexibility index (Phi) is 3.35. The van der Waals surface area contributed by atoms with Crippen molar-refractivity contribution in [3.05, 3.63) is 22.6 Å². The molecule has 1 aromatic rings. The number of carbonyl (C=O) groups excluding carboxylic acids is 2. The Balaban J connectivity index is 1.71. The summed E-state index contributed by atoms with van der Waals surface area (Å²) in [5, 5.41) is 2.96. The van der Waals surface area contributed by atoms with Crippen molar-refractivity contribution < 1.29 is 14.0 Å². The number of amides is 2. The Labute approximate surface area is 119 Å². The Bertz CT molecular complexity index is 510. The quantitative estimate of drug-likeness (QED) is 0.923. The highest BCUT2D eigenvalue weighted by atomic mass is 79.9. The molecular weight excluding hydrogens is 312 g/mol. The summed E-state index contributed by atoms with van der Waals surface area (Å²) in [4.78, 5) is 26.0. The van der Waals surface area contributed by atoms with Crippen LogP contribution in [0.2, 0.25) is 0 Å². The molecule has 5 nitrogen and oxygen atoms in total. The Morgan fingerprint density at radius 3 is 2.74 bits per heavy atom. The fraction of sp³-hybridized carbons (Fsp3) is 0.538. The number of halogens is 1. The first kappa shape index (κ1) is 12.7. The molecule has 2 heterocycles. The fourth-order valence-corrected chi connectivity index (χ4v) is 2.68. The third kappa shape index (κ3) is 2.68. The summed E-state index contributed by atoms with van der Waals surface area (Å²) in [5.74, 6) is 0.0381. The van der Waals surface area contributed by atoms with Gasteiger partial charge >= 0.3 is 0 Å². The van der Waals surface area contributed by atoms with Crippen LogP contribution in [0.5, 0.6) is 0 Å². The average Bonchev–Trinajstić information content (AvgIpc) is 2.92. The van der Waals surface area contributed by atoms with Crippen LogP contribution in [0.15, 0.2) is 21.2 Å². The lowest BCUT2D eigenvalue weighted by Gasteiger charge is -2.22. The number of hydrogen-bond acceptors (Lipinski definition) is 3. The highest BCUT2D eigenvalue weighted by molar-refractivity contribution is 9.10. The molecule has 1 aromatic heterocycles. The van der Waals surface area contributed by atoms with Crippen LogP contribution in [-0.4, -0.2) is 35.3 Å². The van der Waals surface area contributed by atoms with E-state index in [2.05, 4.69) is 21.2 Å². The second kappa shape index (κ2) is 5.00. The maximum absolute atomic E-state index is 12.3. The number of rotatable bonds is 3. The van der Waals surface area contributed by atoms with Crippen molar-refractivity contribution in [2.24, 2.45) is 0 Å². The lowest BCUT2D eigenvalue weighted by atomic mass is 10.2. The molecule has 0 radical (unpaired) electrons. The number of hydrogen-bond donors (Lipinski definition) is 1. The second-order valence-corrected chi connectivity index (χ2v) is 5.82. The highest BCUT2D eigenvalue weighted by Gasteiger charge is 2.37. The monoisotopic (exact) mass is 326 g/mol. The maximum Gasteiger partial charge on any atom is 0.290 e. The first-order valence-electron chi connectivity index (χ1n) is 6.52. The van der Waals surface area contributed by atoms with Crippen molar-refractivity contribution in [1.29, 1.82) is 0 Å². The van der Waals surface area contributed by atoms with Gasteiger partial charge in [0.1, 0.15) is 6.04 Å². The average molecular weight is 327 g/mol. The Hall–Kier alpha value is -1.30. The van der Waals surface area contributed by atoms with E-state index < -0.39 is 0 Å². The van der Waals surface area contributed by atoms with Gasteiger partial charge in [-0.05, 0) is 53.7 Å². The number of nitrogens with zero attached hydrogens (tertiary/aromatic N) is 1. The minimum absolute atomic E-state index is 0.0287. The van der Waals surface area contributed by atoms with Gasteiger partial charge in [-0.1, -0.05) is 0 Å². The van der Waals surface area contributed by atoms with Crippen molar-refractivity contribution >= 4 is 27.7 Å². The molecule has 2 amide bonds. The van der Waals surface area contributed by atoms with E-state index in [1.165, 1.54) is 0 Å². The van der Waals surface area contributed by atoms with E-state index in [1.807, 2.05) is 0 Å². The first-order chi connectivity index (χ1) is 9.15. The SMILES string of the molecule is O=C(NC1CC1)C1CCCN1C(=O)c1ccc(Br)o1. The summed E-state index contributed by atoms with van der Waals surface area (Å²) >= 11 is 3.18. The molecule has 0 bridgehead atoms. The molecule has 102 valence electrons. The van der Waals surface area contributed by atoms with Gasteiger partial charge in [0.05, 0.1) is 0 Å². The van der Waals surface area contributed by atoms with Gasteiger partial charge in [-0.25, -0.2) is 0 Å². The van der Waals surface area contributed by atoms with Crippen molar-refractivity contribution in [2.75, 3.05) is 6.54 Å². The molecule has 1 aliphatic heterocycles. The first-order valence-corrected chi connectivity index (χ1v) is 7.31. The van der Waals surface area contributed by atoms with E-state index in [9.17, 15) is 9.59 Å². The number of nitrogens with one attached hydrogen (secondary N) is 1.